The number of aryl methyl sites for hydroxylation is 3. The second-order valence-electron chi connectivity index (χ2n) is 10.7. The SMILES string of the molecule is COC(=O)c1cc(C)c(OCCNC(=O)[C@@H]2Cc3ccccc3N2S(=O)(=O)c2ccc(-c3ccc(F)cc3C)cc2)c(C)c1. The first-order chi connectivity index (χ1) is 21.0. The monoisotopic (exact) mass is 616 g/mol. The number of halogens is 1. The molecular formula is C34H33FN2O6S. The number of benzene rings is 4. The van der Waals surface area contributed by atoms with Crippen LogP contribution in [0, 0.1) is 26.6 Å². The molecule has 4 aromatic rings. The second kappa shape index (κ2) is 12.5. The molecule has 0 radical (unpaired) electrons. The molecule has 0 unspecified atom stereocenters. The molecule has 0 saturated carbocycles. The van der Waals surface area contributed by atoms with Gasteiger partial charge in [0, 0.05) is 6.42 Å². The number of ether oxygens (including phenoxy) is 2. The van der Waals surface area contributed by atoms with Gasteiger partial charge in [-0.15, -0.1) is 0 Å². The Hall–Kier alpha value is -4.70. The van der Waals surface area contributed by atoms with Crippen molar-refractivity contribution >= 4 is 27.6 Å². The third kappa shape index (κ3) is 6.03. The summed E-state index contributed by atoms with van der Waals surface area (Å²) in [4.78, 5) is 25.4. The minimum atomic E-state index is -4.12. The number of methoxy groups -OCH3 is 1. The number of nitrogens with zero attached hydrogens (tertiary/aromatic N) is 1. The van der Waals surface area contributed by atoms with E-state index < -0.39 is 27.9 Å². The highest BCUT2D eigenvalue weighted by Gasteiger charge is 2.42. The van der Waals surface area contributed by atoms with Crippen molar-refractivity contribution in [1.29, 1.82) is 0 Å². The molecule has 228 valence electrons. The van der Waals surface area contributed by atoms with Crippen LogP contribution in [-0.2, 0) is 26.0 Å². The van der Waals surface area contributed by atoms with Gasteiger partial charge in [-0.1, -0.05) is 36.4 Å². The standard InChI is InChI=1S/C34H33FN2O6S/c1-21-19-27(35)11-14-29(21)24-9-12-28(13-10-24)44(40,41)37-30-8-6-5-7-25(30)20-31(37)33(38)36-15-16-43-32-22(2)17-26(18-23(32)3)34(39)42-4/h5-14,17-19,31H,15-16,20H2,1-4H3,(H,36,38)/t31-/m0/s1. The van der Waals surface area contributed by atoms with E-state index in [9.17, 15) is 22.4 Å². The van der Waals surface area contributed by atoms with Gasteiger partial charge in [0.25, 0.3) is 10.0 Å². The number of rotatable bonds is 9. The number of esters is 1. The Morgan fingerprint density at radius 3 is 2.27 bits per heavy atom. The van der Waals surface area contributed by atoms with Crippen LogP contribution >= 0.6 is 0 Å². The van der Waals surface area contributed by atoms with Gasteiger partial charge in [-0.05, 0) is 96.6 Å². The predicted molar refractivity (Wildman–Crippen MR) is 166 cm³/mol. The van der Waals surface area contributed by atoms with Crippen LogP contribution in [0.4, 0.5) is 10.1 Å². The normalized spacial score (nSPS) is 14.2. The van der Waals surface area contributed by atoms with Crippen LogP contribution in [0.1, 0.15) is 32.6 Å². The molecule has 0 fully saturated rings. The third-order valence-electron chi connectivity index (χ3n) is 7.67. The molecule has 0 bridgehead atoms. The van der Waals surface area contributed by atoms with E-state index in [0.717, 1.165) is 33.4 Å². The zero-order valence-electron chi connectivity index (χ0n) is 24.9. The van der Waals surface area contributed by atoms with Crippen LogP contribution in [0.5, 0.6) is 5.75 Å². The zero-order chi connectivity index (χ0) is 31.6. The summed E-state index contributed by atoms with van der Waals surface area (Å²) in [6, 6.07) is 20.3. The van der Waals surface area contributed by atoms with Gasteiger partial charge in [0.2, 0.25) is 5.91 Å². The number of carbonyl (C=O) groups is 2. The van der Waals surface area contributed by atoms with Crippen molar-refractivity contribution in [2.24, 2.45) is 0 Å². The van der Waals surface area contributed by atoms with E-state index in [1.165, 1.54) is 35.7 Å². The summed E-state index contributed by atoms with van der Waals surface area (Å²) in [5, 5.41) is 2.83. The van der Waals surface area contributed by atoms with E-state index in [1.54, 1.807) is 49.4 Å². The molecule has 8 nitrogen and oxygen atoms in total. The Labute approximate surface area is 256 Å². The Morgan fingerprint density at radius 2 is 1.61 bits per heavy atom. The van der Waals surface area contributed by atoms with Crippen molar-refractivity contribution in [3.05, 3.63) is 112 Å². The summed E-state index contributed by atoms with van der Waals surface area (Å²) in [6.07, 6.45) is 0.224. The maximum absolute atomic E-state index is 14.0. The fraction of sp³-hybridized carbons (Fsp3) is 0.235. The molecule has 1 atom stereocenters. The quantitative estimate of drug-likeness (QED) is 0.196. The summed E-state index contributed by atoms with van der Waals surface area (Å²) in [5.41, 5.74) is 5.42. The average molecular weight is 617 g/mol. The molecule has 0 spiro atoms. The van der Waals surface area contributed by atoms with Gasteiger partial charge in [0.1, 0.15) is 24.2 Å². The lowest BCUT2D eigenvalue weighted by molar-refractivity contribution is -0.122. The molecule has 44 heavy (non-hydrogen) atoms. The number of carbonyl (C=O) groups excluding carboxylic acids is 2. The number of fused-ring (bicyclic) bond motifs is 1. The van der Waals surface area contributed by atoms with E-state index in [-0.39, 0.29) is 30.3 Å². The molecule has 1 amide bonds. The molecule has 10 heteroatoms. The largest absolute Gasteiger partial charge is 0.491 e. The van der Waals surface area contributed by atoms with Gasteiger partial charge in [0.15, 0.2) is 0 Å². The number of sulfonamides is 1. The topological polar surface area (TPSA) is 102 Å². The lowest BCUT2D eigenvalue weighted by Gasteiger charge is -2.26. The Balaban J connectivity index is 1.32. The van der Waals surface area contributed by atoms with E-state index in [4.69, 9.17) is 9.47 Å². The number of hydrogen-bond acceptors (Lipinski definition) is 6. The van der Waals surface area contributed by atoms with Crippen molar-refractivity contribution in [3.8, 4) is 16.9 Å². The summed E-state index contributed by atoms with van der Waals surface area (Å²) < 4.78 is 53.5. The highest BCUT2D eigenvalue weighted by molar-refractivity contribution is 7.93. The van der Waals surface area contributed by atoms with E-state index >= 15 is 0 Å². The van der Waals surface area contributed by atoms with Gasteiger partial charge in [-0.3, -0.25) is 9.10 Å². The van der Waals surface area contributed by atoms with Crippen molar-refractivity contribution in [2.45, 2.75) is 38.1 Å². The molecule has 1 N–H and O–H groups in total. The molecular weight excluding hydrogens is 583 g/mol. The molecule has 1 aliphatic rings. The number of nitrogens with one attached hydrogen (secondary N) is 1. The van der Waals surface area contributed by atoms with Gasteiger partial charge in [-0.25, -0.2) is 17.6 Å². The minimum Gasteiger partial charge on any atom is -0.491 e. The third-order valence-corrected chi connectivity index (χ3v) is 9.50. The van der Waals surface area contributed by atoms with E-state index in [1.807, 2.05) is 26.0 Å². The molecule has 0 aliphatic carbocycles. The average Bonchev–Trinajstić information content (AvgIpc) is 3.40. The molecule has 0 saturated heterocycles. The van der Waals surface area contributed by atoms with Crippen molar-refractivity contribution in [3.63, 3.8) is 0 Å². The van der Waals surface area contributed by atoms with Gasteiger partial charge in [-0.2, -0.15) is 0 Å². The van der Waals surface area contributed by atoms with Crippen molar-refractivity contribution in [1.82, 2.24) is 5.32 Å². The molecule has 1 heterocycles. The predicted octanol–water partition coefficient (Wildman–Crippen LogP) is 5.52. The summed E-state index contributed by atoms with van der Waals surface area (Å²) in [6.45, 7) is 5.71. The highest BCUT2D eigenvalue weighted by atomic mass is 32.2. The van der Waals surface area contributed by atoms with E-state index in [0.29, 0.717) is 17.0 Å². The number of anilines is 1. The Kier molecular flexibility index (Phi) is 8.73. The Morgan fingerprint density at radius 1 is 0.932 bits per heavy atom. The highest BCUT2D eigenvalue weighted by Crippen LogP contribution is 2.37. The maximum atomic E-state index is 14.0. The summed E-state index contributed by atoms with van der Waals surface area (Å²) >= 11 is 0. The number of amides is 1. The minimum absolute atomic E-state index is 0.0419. The molecule has 5 rings (SSSR count). The fourth-order valence-corrected chi connectivity index (χ4v) is 7.23. The first-order valence-corrected chi connectivity index (χ1v) is 15.5. The van der Waals surface area contributed by atoms with Crippen LogP contribution in [0.3, 0.4) is 0 Å². The maximum Gasteiger partial charge on any atom is 0.337 e. The zero-order valence-corrected chi connectivity index (χ0v) is 25.7. The van der Waals surface area contributed by atoms with Gasteiger partial charge < -0.3 is 14.8 Å². The van der Waals surface area contributed by atoms with Gasteiger partial charge >= 0.3 is 5.97 Å². The second-order valence-corrected chi connectivity index (χ2v) is 12.5. The Bertz CT molecular complexity index is 1820. The smallest absolute Gasteiger partial charge is 0.337 e. The molecule has 0 aromatic heterocycles. The van der Waals surface area contributed by atoms with Crippen LogP contribution in [-0.4, -0.2) is 46.6 Å². The summed E-state index contributed by atoms with van der Waals surface area (Å²) in [7, 11) is -2.80. The van der Waals surface area contributed by atoms with Crippen LogP contribution in [0.2, 0.25) is 0 Å². The van der Waals surface area contributed by atoms with Crippen LogP contribution < -0.4 is 14.4 Å². The number of para-hydroxylation sites is 1. The van der Waals surface area contributed by atoms with Crippen LogP contribution in [0.15, 0.2) is 83.8 Å². The number of hydrogen-bond donors (Lipinski definition) is 1. The lowest BCUT2D eigenvalue weighted by Crippen LogP contribution is -2.48. The first kappa shape index (κ1) is 30.7. The van der Waals surface area contributed by atoms with Gasteiger partial charge in [0.05, 0.1) is 29.8 Å². The fourth-order valence-electron chi connectivity index (χ4n) is 5.58. The van der Waals surface area contributed by atoms with Crippen molar-refractivity contribution in [2.75, 3.05) is 24.6 Å². The first-order valence-electron chi connectivity index (χ1n) is 14.1. The van der Waals surface area contributed by atoms with Crippen molar-refractivity contribution < 1.29 is 31.9 Å². The molecule has 4 aromatic carbocycles. The molecule has 1 aliphatic heterocycles. The van der Waals surface area contributed by atoms with Crippen LogP contribution in [0.25, 0.3) is 11.1 Å². The lowest BCUT2D eigenvalue weighted by atomic mass is 10.0. The summed E-state index contributed by atoms with van der Waals surface area (Å²) in [5.74, 6) is -0.621. The van der Waals surface area contributed by atoms with E-state index in [2.05, 4.69) is 5.32 Å².